The Balaban J connectivity index is 2.09. The number of nitrogens with zero attached hydrogens (tertiary/aromatic N) is 2. The lowest BCUT2D eigenvalue weighted by Gasteiger charge is -2.18. The van der Waals surface area contributed by atoms with E-state index in [9.17, 15) is 0 Å². The van der Waals surface area contributed by atoms with E-state index in [1.165, 1.54) is 49.1 Å². The first-order chi connectivity index (χ1) is 7.75. The van der Waals surface area contributed by atoms with Crippen LogP contribution < -0.4 is 5.01 Å². The number of benzene rings is 1. The van der Waals surface area contributed by atoms with Crippen molar-refractivity contribution in [2.75, 3.05) is 12.1 Å². The molecule has 1 saturated carbocycles. The topological polar surface area (TPSA) is 15.6 Å². The zero-order valence-electron chi connectivity index (χ0n) is 10.2. The van der Waals surface area contributed by atoms with E-state index in [-0.39, 0.29) is 0 Å². The summed E-state index contributed by atoms with van der Waals surface area (Å²) >= 11 is 0. The molecule has 2 rings (SSSR count). The highest BCUT2D eigenvalue weighted by Gasteiger charge is 2.08. The van der Waals surface area contributed by atoms with E-state index in [4.69, 9.17) is 5.10 Å². The fourth-order valence-electron chi connectivity index (χ4n) is 2.16. The van der Waals surface area contributed by atoms with Crippen LogP contribution in [-0.4, -0.2) is 12.8 Å². The second kappa shape index (κ2) is 5.15. The third-order valence-corrected chi connectivity index (χ3v) is 3.10. The molecule has 0 heterocycles. The highest BCUT2D eigenvalue weighted by atomic mass is 15.4. The van der Waals surface area contributed by atoms with E-state index in [1.54, 1.807) is 0 Å². The molecule has 2 heteroatoms. The summed E-state index contributed by atoms with van der Waals surface area (Å²) in [5.41, 5.74) is 3.82. The zero-order valence-corrected chi connectivity index (χ0v) is 10.2. The lowest BCUT2D eigenvalue weighted by molar-refractivity contribution is 0.662. The second-order valence-electron chi connectivity index (χ2n) is 4.59. The fraction of sp³-hybridized carbons (Fsp3) is 0.500. The summed E-state index contributed by atoms with van der Waals surface area (Å²) in [5, 5.41) is 6.70. The van der Waals surface area contributed by atoms with Crippen molar-refractivity contribution in [1.82, 2.24) is 0 Å². The minimum absolute atomic E-state index is 1.18. The van der Waals surface area contributed by atoms with E-state index in [1.807, 2.05) is 12.1 Å². The van der Waals surface area contributed by atoms with Gasteiger partial charge in [0.05, 0.1) is 5.69 Å². The van der Waals surface area contributed by atoms with Gasteiger partial charge >= 0.3 is 0 Å². The Kier molecular flexibility index (Phi) is 3.60. The maximum absolute atomic E-state index is 4.70. The molecule has 1 aromatic carbocycles. The van der Waals surface area contributed by atoms with E-state index in [0.717, 1.165) is 0 Å². The molecule has 0 N–H and O–H groups in total. The van der Waals surface area contributed by atoms with Gasteiger partial charge in [0.1, 0.15) is 0 Å². The van der Waals surface area contributed by atoms with Gasteiger partial charge in [-0.05, 0) is 50.3 Å². The monoisotopic (exact) mass is 216 g/mol. The summed E-state index contributed by atoms with van der Waals surface area (Å²) in [6, 6.07) is 8.49. The smallest absolute Gasteiger partial charge is 0.0593 e. The van der Waals surface area contributed by atoms with Crippen molar-refractivity contribution in [1.29, 1.82) is 0 Å². The first kappa shape index (κ1) is 11.2. The Morgan fingerprint density at radius 2 is 1.88 bits per heavy atom. The Labute approximate surface area is 98.0 Å². The van der Waals surface area contributed by atoms with Crippen molar-refractivity contribution in [3.05, 3.63) is 29.8 Å². The van der Waals surface area contributed by atoms with Gasteiger partial charge in [0.2, 0.25) is 0 Å². The van der Waals surface area contributed by atoms with Crippen molar-refractivity contribution in [2.45, 2.75) is 39.0 Å². The third kappa shape index (κ3) is 2.84. The lowest BCUT2D eigenvalue weighted by Crippen LogP contribution is -2.15. The highest BCUT2D eigenvalue weighted by Crippen LogP contribution is 2.18. The van der Waals surface area contributed by atoms with Crippen LogP contribution in [0.2, 0.25) is 0 Å². The fourth-order valence-corrected chi connectivity index (χ4v) is 2.16. The number of rotatable bonds is 2. The van der Waals surface area contributed by atoms with Crippen molar-refractivity contribution >= 4 is 11.4 Å². The summed E-state index contributed by atoms with van der Waals surface area (Å²) in [4.78, 5) is 0. The van der Waals surface area contributed by atoms with Crippen molar-refractivity contribution in [3.8, 4) is 0 Å². The standard InChI is InChI=1S/C14H20N2/c1-12-7-6-10-14(11-12)16(2)15-13-8-4-3-5-9-13/h6-7,10-11H,3-5,8-9H2,1-2H3. The molecule has 2 nitrogen and oxygen atoms in total. The predicted octanol–water partition coefficient (Wildman–Crippen LogP) is 3.75. The average Bonchev–Trinajstić information content (AvgIpc) is 2.30. The summed E-state index contributed by atoms with van der Waals surface area (Å²) in [7, 11) is 2.04. The van der Waals surface area contributed by atoms with Gasteiger partial charge in [0.25, 0.3) is 0 Å². The molecule has 1 fully saturated rings. The van der Waals surface area contributed by atoms with Crippen LogP contribution in [-0.2, 0) is 0 Å². The molecule has 0 radical (unpaired) electrons. The van der Waals surface area contributed by atoms with Gasteiger partial charge in [-0.25, -0.2) is 0 Å². The maximum atomic E-state index is 4.70. The average molecular weight is 216 g/mol. The van der Waals surface area contributed by atoms with E-state index in [0.29, 0.717) is 0 Å². The first-order valence-electron chi connectivity index (χ1n) is 6.12. The first-order valence-corrected chi connectivity index (χ1v) is 6.12. The van der Waals surface area contributed by atoms with Crippen LogP contribution in [0, 0.1) is 6.92 Å². The highest BCUT2D eigenvalue weighted by molar-refractivity contribution is 5.85. The number of hydrogen-bond donors (Lipinski definition) is 0. The molecular weight excluding hydrogens is 196 g/mol. The molecule has 1 aliphatic rings. The normalized spacial score (nSPS) is 16.0. The molecule has 16 heavy (non-hydrogen) atoms. The third-order valence-electron chi connectivity index (χ3n) is 3.10. The molecule has 0 amide bonds. The van der Waals surface area contributed by atoms with E-state index in [2.05, 4.69) is 31.2 Å². The summed E-state index contributed by atoms with van der Waals surface area (Å²) in [6.07, 6.45) is 6.33. The largest absolute Gasteiger partial charge is 0.269 e. The molecule has 1 aromatic rings. The molecule has 0 spiro atoms. The van der Waals surface area contributed by atoms with Crippen LogP contribution in [0.25, 0.3) is 0 Å². The minimum atomic E-state index is 1.18. The Morgan fingerprint density at radius 1 is 1.12 bits per heavy atom. The molecule has 0 aromatic heterocycles. The summed E-state index contributed by atoms with van der Waals surface area (Å²) in [5.74, 6) is 0. The maximum Gasteiger partial charge on any atom is 0.0593 e. The molecule has 0 unspecified atom stereocenters. The summed E-state index contributed by atoms with van der Waals surface area (Å²) < 4.78 is 0. The second-order valence-corrected chi connectivity index (χ2v) is 4.59. The molecule has 0 saturated heterocycles. The minimum Gasteiger partial charge on any atom is -0.269 e. The van der Waals surface area contributed by atoms with Gasteiger partial charge < -0.3 is 0 Å². The van der Waals surface area contributed by atoms with Crippen LogP contribution in [0.15, 0.2) is 29.4 Å². The quantitative estimate of drug-likeness (QED) is 0.687. The van der Waals surface area contributed by atoms with Crippen LogP contribution in [0.4, 0.5) is 5.69 Å². The lowest BCUT2D eigenvalue weighted by atomic mass is 9.99. The van der Waals surface area contributed by atoms with Crippen LogP contribution >= 0.6 is 0 Å². The van der Waals surface area contributed by atoms with Crippen LogP contribution in [0.5, 0.6) is 0 Å². The molecule has 86 valence electrons. The van der Waals surface area contributed by atoms with Crippen LogP contribution in [0.1, 0.15) is 37.7 Å². The summed E-state index contributed by atoms with van der Waals surface area (Å²) in [6.45, 7) is 2.12. The van der Waals surface area contributed by atoms with Gasteiger partial charge in [-0.3, -0.25) is 5.01 Å². The van der Waals surface area contributed by atoms with Crippen molar-refractivity contribution in [3.63, 3.8) is 0 Å². The number of hydrazone groups is 1. The SMILES string of the molecule is Cc1cccc(N(C)N=C2CCCCC2)c1. The van der Waals surface area contributed by atoms with Gasteiger partial charge in [0.15, 0.2) is 0 Å². The predicted molar refractivity (Wildman–Crippen MR) is 70.1 cm³/mol. The molecule has 0 aliphatic heterocycles. The van der Waals surface area contributed by atoms with Crippen LogP contribution in [0.3, 0.4) is 0 Å². The molecule has 1 aliphatic carbocycles. The number of anilines is 1. The van der Waals surface area contributed by atoms with Gasteiger partial charge in [-0.15, -0.1) is 0 Å². The Hall–Kier alpha value is -1.31. The Morgan fingerprint density at radius 3 is 2.56 bits per heavy atom. The van der Waals surface area contributed by atoms with E-state index >= 15 is 0 Å². The van der Waals surface area contributed by atoms with Crippen molar-refractivity contribution < 1.29 is 0 Å². The van der Waals surface area contributed by atoms with E-state index < -0.39 is 0 Å². The number of hydrogen-bond acceptors (Lipinski definition) is 2. The van der Waals surface area contributed by atoms with Gasteiger partial charge in [0, 0.05) is 12.8 Å². The zero-order chi connectivity index (χ0) is 11.4. The van der Waals surface area contributed by atoms with Crippen molar-refractivity contribution in [2.24, 2.45) is 5.10 Å². The number of aryl methyl sites for hydroxylation is 1. The Bertz CT molecular complexity index is 374. The van der Waals surface area contributed by atoms with Gasteiger partial charge in [-0.1, -0.05) is 18.6 Å². The van der Waals surface area contributed by atoms with Gasteiger partial charge in [-0.2, -0.15) is 5.10 Å². The molecular formula is C14H20N2. The molecule has 0 atom stereocenters. The molecule has 0 bridgehead atoms.